The Kier molecular flexibility index (Phi) is 4.25. The van der Waals surface area contributed by atoms with Gasteiger partial charge in [0, 0.05) is 17.5 Å². The fraction of sp³-hybridized carbons (Fsp3) is 0.154. The molecule has 6 heteroatoms. The van der Waals surface area contributed by atoms with Crippen LogP contribution in [0, 0.1) is 0 Å². The minimum absolute atomic E-state index is 0.146. The summed E-state index contributed by atoms with van der Waals surface area (Å²) < 4.78 is 0. The second-order valence-electron chi connectivity index (χ2n) is 3.83. The van der Waals surface area contributed by atoms with Crippen LogP contribution in [-0.4, -0.2) is 22.0 Å². The molecule has 0 saturated carbocycles. The number of hydrogen-bond donors (Lipinski definition) is 2. The van der Waals surface area contributed by atoms with Gasteiger partial charge in [-0.05, 0) is 30.0 Å². The Bertz CT molecular complexity index is 581. The van der Waals surface area contributed by atoms with Crippen LogP contribution in [0.3, 0.4) is 0 Å². The Labute approximate surface area is 113 Å². The molecule has 0 aliphatic carbocycles. The van der Waals surface area contributed by atoms with Crippen LogP contribution in [0.4, 0.5) is 5.69 Å². The number of aryl methyl sites for hydroxylation is 1. The molecule has 1 amide bonds. The van der Waals surface area contributed by atoms with Gasteiger partial charge in [0.25, 0.3) is 0 Å². The van der Waals surface area contributed by atoms with Crippen molar-refractivity contribution in [3.63, 3.8) is 0 Å². The van der Waals surface area contributed by atoms with Gasteiger partial charge in [-0.2, -0.15) is 0 Å². The summed E-state index contributed by atoms with van der Waals surface area (Å²) in [5, 5.41) is 13.5. The van der Waals surface area contributed by atoms with Gasteiger partial charge in [-0.3, -0.25) is 4.79 Å². The standard InChI is InChI=1S/C13H12N2O3S/c16-11(6-5-9-3-2-8-19-9)15-10-4-1-7-14-12(10)13(17)18/h1-4,7-8H,5-6H2,(H,15,16)(H,17,18). The number of anilines is 1. The van der Waals surface area contributed by atoms with Crippen LogP contribution in [-0.2, 0) is 11.2 Å². The average Bonchev–Trinajstić information content (AvgIpc) is 2.90. The molecule has 0 aliphatic rings. The largest absolute Gasteiger partial charge is 0.476 e. The van der Waals surface area contributed by atoms with Gasteiger partial charge >= 0.3 is 5.97 Å². The lowest BCUT2D eigenvalue weighted by Gasteiger charge is -2.06. The van der Waals surface area contributed by atoms with Gasteiger partial charge in [-0.1, -0.05) is 6.07 Å². The van der Waals surface area contributed by atoms with Crippen LogP contribution in [0.2, 0.25) is 0 Å². The van der Waals surface area contributed by atoms with Crippen molar-refractivity contribution < 1.29 is 14.7 Å². The monoisotopic (exact) mass is 276 g/mol. The van der Waals surface area contributed by atoms with Gasteiger partial charge in [0.1, 0.15) is 0 Å². The molecule has 0 atom stereocenters. The van der Waals surface area contributed by atoms with Crippen LogP contribution in [0.1, 0.15) is 21.8 Å². The fourth-order valence-electron chi connectivity index (χ4n) is 1.58. The molecule has 0 aliphatic heterocycles. The maximum atomic E-state index is 11.8. The van der Waals surface area contributed by atoms with Crippen LogP contribution in [0.25, 0.3) is 0 Å². The van der Waals surface area contributed by atoms with E-state index in [0.29, 0.717) is 12.8 Å². The summed E-state index contributed by atoms with van der Waals surface area (Å²) in [6.07, 6.45) is 2.34. The second-order valence-corrected chi connectivity index (χ2v) is 4.86. The Morgan fingerprint density at radius 3 is 2.84 bits per heavy atom. The maximum Gasteiger partial charge on any atom is 0.356 e. The van der Waals surface area contributed by atoms with Gasteiger partial charge in [-0.15, -0.1) is 11.3 Å². The molecule has 0 aromatic carbocycles. The summed E-state index contributed by atoms with van der Waals surface area (Å²) in [5.74, 6) is -1.38. The first-order chi connectivity index (χ1) is 9.16. The van der Waals surface area contributed by atoms with E-state index in [1.165, 1.54) is 12.3 Å². The van der Waals surface area contributed by atoms with E-state index >= 15 is 0 Å². The third-order valence-electron chi connectivity index (χ3n) is 2.46. The highest BCUT2D eigenvalue weighted by molar-refractivity contribution is 7.09. The number of thiophene rings is 1. The number of carboxylic acid groups (broad SMARTS) is 1. The molecule has 0 unspecified atom stereocenters. The summed E-state index contributed by atoms with van der Waals surface area (Å²) >= 11 is 1.59. The van der Waals surface area contributed by atoms with E-state index in [4.69, 9.17) is 5.11 Å². The van der Waals surface area contributed by atoms with E-state index in [-0.39, 0.29) is 17.3 Å². The van der Waals surface area contributed by atoms with Crippen molar-refractivity contribution in [3.8, 4) is 0 Å². The second kappa shape index (κ2) is 6.10. The van der Waals surface area contributed by atoms with Crippen molar-refractivity contribution >= 4 is 28.9 Å². The third-order valence-corrected chi connectivity index (χ3v) is 3.40. The molecule has 0 bridgehead atoms. The molecular formula is C13H12N2O3S. The quantitative estimate of drug-likeness (QED) is 0.879. The Morgan fingerprint density at radius 2 is 2.16 bits per heavy atom. The Balaban J connectivity index is 1.97. The minimum atomic E-state index is -1.16. The third kappa shape index (κ3) is 3.62. The SMILES string of the molecule is O=C(CCc1cccs1)Nc1cccnc1C(=O)O. The highest BCUT2D eigenvalue weighted by Gasteiger charge is 2.13. The number of hydrogen-bond acceptors (Lipinski definition) is 4. The zero-order valence-electron chi connectivity index (χ0n) is 10.00. The number of nitrogens with one attached hydrogen (secondary N) is 1. The van der Waals surface area contributed by atoms with Gasteiger partial charge in [0.05, 0.1) is 5.69 Å². The lowest BCUT2D eigenvalue weighted by molar-refractivity contribution is -0.116. The van der Waals surface area contributed by atoms with Gasteiger partial charge in [-0.25, -0.2) is 9.78 Å². The molecule has 2 N–H and O–H groups in total. The number of nitrogens with zero attached hydrogens (tertiary/aromatic N) is 1. The lowest BCUT2D eigenvalue weighted by atomic mass is 10.2. The molecular weight excluding hydrogens is 264 g/mol. The Morgan fingerprint density at radius 1 is 1.32 bits per heavy atom. The van der Waals surface area contributed by atoms with Gasteiger partial charge in [0.2, 0.25) is 5.91 Å². The van der Waals surface area contributed by atoms with E-state index in [0.717, 1.165) is 4.88 Å². The zero-order chi connectivity index (χ0) is 13.7. The van der Waals surface area contributed by atoms with Crippen LogP contribution in [0.5, 0.6) is 0 Å². The van der Waals surface area contributed by atoms with Gasteiger partial charge < -0.3 is 10.4 Å². The van der Waals surface area contributed by atoms with Crippen LogP contribution >= 0.6 is 11.3 Å². The zero-order valence-corrected chi connectivity index (χ0v) is 10.8. The first kappa shape index (κ1) is 13.2. The number of carbonyl (C=O) groups is 2. The van der Waals surface area contributed by atoms with E-state index < -0.39 is 5.97 Å². The van der Waals surface area contributed by atoms with Crippen molar-refractivity contribution in [2.75, 3.05) is 5.32 Å². The number of carboxylic acids is 1. The molecule has 19 heavy (non-hydrogen) atoms. The lowest BCUT2D eigenvalue weighted by Crippen LogP contribution is -2.15. The molecule has 2 aromatic rings. The van der Waals surface area contributed by atoms with Crippen molar-refractivity contribution in [1.82, 2.24) is 4.98 Å². The maximum absolute atomic E-state index is 11.8. The molecule has 0 fully saturated rings. The molecule has 98 valence electrons. The summed E-state index contributed by atoms with van der Waals surface area (Å²) in [4.78, 5) is 27.5. The number of pyridine rings is 1. The number of aromatic nitrogens is 1. The first-order valence-corrected chi connectivity index (χ1v) is 6.55. The topological polar surface area (TPSA) is 79.3 Å². The van der Waals surface area contributed by atoms with Crippen LogP contribution < -0.4 is 5.32 Å². The van der Waals surface area contributed by atoms with Crippen molar-refractivity contribution in [2.45, 2.75) is 12.8 Å². The minimum Gasteiger partial charge on any atom is -0.476 e. The number of rotatable bonds is 5. The smallest absolute Gasteiger partial charge is 0.356 e. The predicted molar refractivity (Wildman–Crippen MR) is 72.5 cm³/mol. The summed E-state index contributed by atoms with van der Waals surface area (Å²) in [6, 6.07) is 7.01. The molecule has 0 radical (unpaired) electrons. The van der Waals surface area contributed by atoms with Crippen molar-refractivity contribution in [2.24, 2.45) is 0 Å². The fourth-order valence-corrected chi connectivity index (χ4v) is 2.29. The normalized spacial score (nSPS) is 10.1. The predicted octanol–water partition coefficient (Wildman–Crippen LogP) is 2.41. The van der Waals surface area contributed by atoms with Crippen molar-refractivity contribution in [3.05, 3.63) is 46.4 Å². The molecule has 2 rings (SSSR count). The highest BCUT2D eigenvalue weighted by Crippen LogP contribution is 2.14. The van der Waals surface area contributed by atoms with Crippen molar-refractivity contribution in [1.29, 1.82) is 0 Å². The summed E-state index contributed by atoms with van der Waals surface area (Å²) in [5.41, 5.74) is 0.0816. The molecule has 0 saturated heterocycles. The van der Waals surface area contributed by atoms with Gasteiger partial charge in [0.15, 0.2) is 5.69 Å². The number of aromatic carboxylic acids is 1. The van der Waals surface area contributed by atoms with E-state index in [1.54, 1.807) is 17.4 Å². The first-order valence-electron chi connectivity index (χ1n) is 5.67. The van der Waals surface area contributed by atoms with Crippen LogP contribution in [0.15, 0.2) is 35.8 Å². The number of amides is 1. The average molecular weight is 276 g/mol. The van der Waals surface area contributed by atoms with E-state index in [2.05, 4.69) is 10.3 Å². The highest BCUT2D eigenvalue weighted by atomic mass is 32.1. The summed E-state index contributed by atoms with van der Waals surface area (Å²) in [7, 11) is 0. The molecule has 2 aromatic heterocycles. The Hall–Kier alpha value is -2.21. The number of carbonyl (C=O) groups excluding carboxylic acids is 1. The van der Waals surface area contributed by atoms with E-state index in [9.17, 15) is 9.59 Å². The molecule has 2 heterocycles. The molecule has 0 spiro atoms. The summed E-state index contributed by atoms with van der Waals surface area (Å²) in [6.45, 7) is 0. The molecule has 5 nitrogen and oxygen atoms in total. The van der Waals surface area contributed by atoms with E-state index in [1.807, 2.05) is 17.5 Å².